The number of aliphatic carboxylic acids is 1. The first-order chi connectivity index (χ1) is 27.5. The van der Waals surface area contributed by atoms with E-state index in [0.29, 0.717) is 34.9 Å². The molecule has 0 bridgehead atoms. The smallest absolute Gasteiger partial charge is 0.408 e. The van der Waals surface area contributed by atoms with Crippen LogP contribution in [0.15, 0.2) is 41.5 Å². The third-order valence-electron chi connectivity index (χ3n) is 11.4. The predicted molar refractivity (Wildman–Crippen MR) is 211 cm³/mol. The molecule has 1 aliphatic heterocycles. The van der Waals surface area contributed by atoms with Crippen LogP contribution in [-0.4, -0.2) is 99.2 Å². The Labute approximate surface area is 340 Å². The average molecular weight is 821 g/mol. The van der Waals surface area contributed by atoms with Gasteiger partial charge in [0.15, 0.2) is 6.29 Å². The number of nitrogens with zero attached hydrogens (tertiary/aromatic N) is 3. The first kappa shape index (κ1) is 40.8. The number of ether oxygens (including phenoxy) is 3. The number of aromatic nitrogens is 2. The zero-order chi connectivity index (χ0) is 41.7. The molecule has 1 unspecified atom stereocenters. The van der Waals surface area contributed by atoms with Crippen LogP contribution >= 0.6 is 11.6 Å². The van der Waals surface area contributed by atoms with Crippen molar-refractivity contribution in [1.29, 1.82) is 0 Å². The molecule has 2 aromatic heterocycles. The van der Waals surface area contributed by atoms with Crippen molar-refractivity contribution in [2.75, 3.05) is 18.5 Å². The number of nitrogens with one attached hydrogen (secondary N) is 3. The highest BCUT2D eigenvalue weighted by Crippen LogP contribution is 2.52. The van der Waals surface area contributed by atoms with Crippen molar-refractivity contribution in [2.45, 2.75) is 103 Å². The Kier molecular flexibility index (Phi) is 11.1. The van der Waals surface area contributed by atoms with Gasteiger partial charge in [-0.1, -0.05) is 38.4 Å². The molecule has 58 heavy (non-hydrogen) atoms. The molecule has 0 radical (unpaired) electrons. The Morgan fingerprint density at radius 2 is 1.83 bits per heavy atom. The Balaban J connectivity index is 1.21. The Hall–Kier alpha value is -5.38. The van der Waals surface area contributed by atoms with Gasteiger partial charge in [0.25, 0.3) is 6.01 Å². The van der Waals surface area contributed by atoms with Crippen molar-refractivity contribution in [3.8, 4) is 22.9 Å². The number of rotatable bonds is 15. The van der Waals surface area contributed by atoms with Crippen molar-refractivity contribution >= 4 is 58.7 Å². The first-order valence-corrected chi connectivity index (χ1v) is 19.9. The van der Waals surface area contributed by atoms with E-state index in [0.717, 1.165) is 19.3 Å². The van der Waals surface area contributed by atoms with Gasteiger partial charge >= 0.3 is 12.1 Å². The number of likely N-dealkylation sites (tertiary alicyclic amines) is 1. The maximum Gasteiger partial charge on any atom is 0.408 e. The van der Waals surface area contributed by atoms with Crippen LogP contribution in [0.4, 0.5) is 10.8 Å². The summed E-state index contributed by atoms with van der Waals surface area (Å²) < 4.78 is 23.6. The van der Waals surface area contributed by atoms with Gasteiger partial charge in [-0.2, -0.15) is 4.98 Å². The van der Waals surface area contributed by atoms with Crippen LogP contribution in [0, 0.1) is 23.2 Å². The minimum Gasteiger partial charge on any atom is -0.488 e. The molecular formula is C41H49ClN6O10. The van der Waals surface area contributed by atoms with Crippen LogP contribution < -0.4 is 25.4 Å². The van der Waals surface area contributed by atoms with Gasteiger partial charge in [-0.25, -0.2) is 14.6 Å². The van der Waals surface area contributed by atoms with Crippen molar-refractivity contribution in [3.05, 3.63) is 42.1 Å². The summed E-state index contributed by atoms with van der Waals surface area (Å²) in [7, 11) is 0. The highest BCUT2D eigenvalue weighted by molar-refractivity contribution is 6.36. The predicted octanol–water partition coefficient (Wildman–Crippen LogP) is 5.37. The SMILES string of the molecule is C=C[C@@H]1CC1(NC(=O)[C@@H]1C[C@@H](Oc2cc(-c3coc(NC(C)C)n3)nc3c(Cl)c(OCC=O)ccc23)CN1C(=O)[C@@H](NC(=O)O[C@@H]1C[C@@H]2C[C@@H]2C1)C(C)(C)C)C(=O)O. The molecule has 4 aliphatic rings. The lowest BCUT2D eigenvalue weighted by Crippen LogP contribution is -2.59. The summed E-state index contributed by atoms with van der Waals surface area (Å²) in [5.41, 5.74) is -1.44. The number of anilines is 1. The summed E-state index contributed by atoms with van der Waals surface area (Å²) in [6.45, 7) is 12.6. The highest BCUT2D eigenvalue weighted by Gasteiger charge is 2.61. The molecule has 3 amide bonds. The van der Waals surface area contributed by atoms with E-state index in [9.17, 15) is 29.1 Å². The molecule has 1 aromatic carbocycles. The fourth-order valence-electron chi connectivity index (χ4n) is 8.12. The third-order valence-corrected chi connectivity index (χ3v) is 11.7. The van der Waals surface area contributed by atoms with Gasteiger partial charge in [0, 0.05) is 29.8 Å². The minimum atomic E-state index is -1.56. The Morgan fingerprint density at radius 1 is 1.09 bits per heavy atom. The van der Waals surface area contributed by atoms with Crippen LogP contribution in [-0.2, 0) is 23.9 Å². The normalized spacial score (nSPS) is 26.4. The lowest BCUT2D eigenvalue weighted by Gasteiger charge is -2.35. The second-order valence-corrected chi connectivity index (χ2v) is 17.5. The summed E-state index contributed by atoms with van der Waals surface area (Å²) in [5, 5.41) is 19.3. The number of fused-ring (bicyclic) bond motifs is 2. The van der Waals surface area contributed by atoms with E-state index < -0.39 is 58.9 Å². The largest absolute Gasteiger partial charge is 0.488 e. The minimum absolute atomic E-state index is 0.0297. The molecule has 3 saturated carbocycles. The summed E-state index contributed by atoms with van der Waals surface area (Å²) in [4.78, 5) is 76.2. The number of amides is 3. The van der Waals surface area contributed by atoms with Crippen LogP contribution in [0.1, 0.15) is 66.7 Å². The number of benzene rings is 1. The monoisotopic (exact) mass is 820 g/mol. The number of halogens is 1. The number of alkyl carbamates (subject to hydrolysis) is 1. The van der Waals surface area contributed by atoms with Crippen LogP contribution in [0.5, 0.6) is 11.5 Å². The zero-order valence-electron chi connectivity index (χ0n) is 33.1. The van der Waals surface area contributed by atoms with E-state index in [1.165, 1.54) is 17.2 Å². The maximum absolute atomic E-state index is 14.7. The molecule has 7 rings (SSSR count). The average Bonchev–Trinajstić information content (AvgIpc) is 3.83. The standard InChI is InChI=1S/C41H49ClN6O10/c1-7-23-17-41(23,37(52)53)47-35(50)29-15-25(18-48(29)36(51)34(40(4,5)6)46-39(54)58-24-13-21-12-22(21)14-24)57-31-16-27(28-19-56-38(45-28)43-20(2)3)44-33-26(31)8-9-30(32(33)42)55-11-10-49/h7-10,16,19-25,29,34H,1,11-15,17-18H2,2-6H3,(H,43,45)(H,46,54)(H,47,50)(H,52,53)/t21-,22+,23-,24+,25-,29+,34-,41?/m1/s1. The van der Waals surface area contributed by atoms with Crippen molar-refractivity contribution in [2.24, 2.45) is 23.2 Å². The summed E-state index contributed by atoms with van der Waals surface area (Å²) in [5.74, 6) is -1.29. The quantitative estimate of drug-likeness (QED) is 0.112. The number of oxazole rings is 1. The number of hydrogen-bond acceptors (Lipinski definition) is 12. The van der Waals surface area contributed by atoms with Crippen molar-refractivity contribution in [3.63, 3.8) is 0 Å². The first-order valence-electron chi connectivity index (χ1n) is 19.6. The van der Waals surface area contributed by atoms with Gasteiger partial charge in [0.05, 0.1) is 17.8 Å². The van der Waals surface area contributed by atoms with Gasteiger partial charge in [-0.15, -0.1) is 6.58 Å². The molecule has 3 heterocycles. The second kappa shape index (κ2) is 15.8. The number of aldehydes is 1. The number of hydrogen-bond donors (Lipinski definition) is 4. The van der Waals surface area contributed by atoms with E-state index >= 15 is 0 Å². The molecule has 310 valence electrons. The highest BCUT2D eigenvalue weighted by atomic mass is 35.5. The Bertz CT molecular complexity index is 2120. The van der Waals surface area contributed by atoms with Gasteiger partial charge in [0.1, 0.15) is 64.9 Å². The summed E-state index contributed by atoms with van der Waals surface area (Å²) in [6.07, 6.45) is 4.63. The van der Waals surface area contributed by atoms with Gasteiger partial charge in [-0.3, -0.25) is 14.4 Å². The van der Waals surface area contributed by atoms with Crippen molar-refractivity contribution < 1.29 is 47.7 Å². The molecular weight excluding hydrogens is 772 g/mol. The van der Waals surface area contributed by atoms with Gasteiger partial charge < -0.3 is 44.6 Å². The number of carboxylic acid groups (broad SMARTS) is 1. The van der Waals surface area contributed by atoms with Gasteiger partial charge in [-0.05, 0) is 68.9 Å². The molecule has 3 aliphatic carbocycles. The number of carbonyl (C=O) groups is 5. The molecule has 1 saturated heterocycles. The van der Waals surface area contributed by atoms with E-state index in [4.69, 9.17) is 35.2 Å². The number of carbonyl (C=O) groups excluding carboxylic acids is 4. The number of pyridine rings is 1. The van der Waals surface area contributed by atoms with E-state index in [-0.39, 0.29) is 66.2 Å². The van der Waals surface area contributed by atoms with Gasteiger partial charge in [0.2, 0.25) is 11.8 Å². The second-order valence-electron chi connectivity index (χ2n) is 17.1. The fourth-order valence-corrected chi connectivity index (χ4v) is 8.39. The van der Waals surface area contributed by atoms with Crippen LogP contribution in [0.25, 0.3) is 22.3 Å². The van der Waals surface area contributed by atoms with Crippen molar-refractivity contribution in [1.82, 2.24) is 25.5 Å². The molecule has 16 nitrogen and oxygen atoms in total. The van der Waals surface area contributed by atoms with Crippen LogP contribution in [0.3, 0.4) is 0 Å². The molecule has 4 N–H and O–H groups in total. The Morgan fingerprint density at radius 3 is 2.47 bits per heavy atom. The third kappa shape index (κ3) is 8.29. The lowest BCUT2D eigenvalue weighted by atomic mass is 9.85. The molecule has 4 fully saturated rings. The lowest BCUT2D eigenvalue weighted by molar-refractivity contribution is -0.146. The zero-order valence-corrected chi connectivity index (χ0v) is 33.8. The number of carboxylic acids is 1. The molecule has 0 spiro atoms. The van der Waals surface area contributed by atoms with E-state index in [1.807, 2.05) is 13.8 Å². The van der Waals surface area contributed by atoms with Crippen LogP contribution in [0.2, 0.25) is 5.02 Å². The maximum atomic E-state index is 14.7. The summed E-state index contributed by atoms with van der Waals surface area (Å²) in [6, 6.07) is 2.89. The molecule has 17 heteroatoms. The molecule has 3 aromatic rings. The van der Waals surface area contributed by atoms with E-state index in [1.54, 1.807) is 39.0 Å². The van der Waals surface area contributed by atoms with E-state index in [2.05, 4.69) is 27.5 Å². The fraction of sp³-hybridized carbons (Fsp3) is 0.537. The topological polar surface area (TPSA) is 212 Å². The molecule has 8 atom stereocenters. The summed E-state index contributed by atoms with van der Waals surface area (Å²) >= 11 is 6.81.